The number of carbonyl (C=O) groups is 3. The fourth-order valence-electron chi connectivity index (χ4n) is 4.74. The first kappa shape index (κ1) is 27.9. The Morgan fingerprint density at radius 3 is 2.64 bits per heavy atom. The van der Waals surface area contributed by atoms with Crippen molar-refractivity contribution in [2.75, 3.05) is 26.4 Å². The number of dihydropyridines is 1. The Morgan fingerprint density at radius 2 is 1.92 bits per heavy atom. The minimum Gasteiger partial charge on any atom is -0.464 e. The van der Waals surface area contributed by atoms with Crippen LogP contribution in [0.3, 0.4) is 0 Å². The molecule has 1 N–H and O–H groups in total. The summed E-state index contributed by atoms with van der Waals surface area (Å²) in [4.78, 5) is 38.6. The number of rotatable bonds is 10. The Morgan fingerprint density at radius 1 is 1.14 bits per heavy atom. The van der Waals surface area contributed by atoms with E-state index in [-0.39, 0.29) is 36.4 Å². The van der Waals surface area contributed by atoms with Gasteiger partial charge >= 0.3 is 11.9 Å². The predicted octanol–water partition coefficient (Wildman–Crippen LogP) is 4.69. The second-order valence-corrected chi connectivity index (χ2v) is 10.4. The maximum Gasteiger partial charge on any atom is 0.336 e. The molecule has 0 aromatic rings. The zero-order valence-electron chi connectivity index (χ0n) is 21.5. The van der Waals surface area contributed by atoms with Gasteiger partial charge in [-0.15, -0.1) is 11.6 Å². The van der Waals surface area contributed by atoms with Gasteiger partial charge in [-0.3, -0.25) is 4.79 Å². The van der Waals surface area contributed by atoms with Gasteiger partial charge in [0, 0.05) is 35.7 Å². The highest BCUT2D eigenvalue weighted by Crippen LogP contribution is 2.46. The number of halogens is 1. The van der Waals surface area contributed by atoms with E-state index >= 15 is 0 Å². The van der Waals surface area contributed by atoms with E-state index in [1.165, 1.54) is 0 Å². The van der Waals surface area contributed by atoms with Crippen molar-refractivity contribution in [2.24, 2.45) is 11.3 Å². The van der Waals surface area contributed by atoms with E-state index < -0.39 is 17.9 Å². The zero-order valence-corrected chi connectivity index (χ0v) is 22.3. The Hall–Kier alpha value is -2.64. The highest BCUT2D eigenvalue weighted by Gasteiger charge is 2.44. The molecule has 0 saturated heterocycles. The average molecular weight is 518 g/mol. The predicted molar refractivity (Wildman–Crippen MR) is 138 cm³/mol. The molecule has 0 aromatic carbocycles. The van der Waals surface area contributed by atoms with Gasteiger partial charge in [0.25, 0.3) is 0 Å². The molecule has 1 aliphatic heterocycles. The second-order valence-electron chi connectivity index (χ2n) is 9.88. The van der Waals surface area contributed by atoms with E-state index in [2.05, 4.69) is 19.2 Å². The second kappa shape index (κ2) is 12.5. The first-order chi connectivity index (χ1) is 17.2. The SMILES string of the molecule is CCCOC(=O)COCCC1=C(C(=O)OCC)C(C2=CC(Cl)C=CC=C2)C2=C(CC(C)(C)CC2=O)N1. The van der Waals surface area contributed by atoms with Gasteiger partial charge in [-0.1, -0.05) is 51.2 Å². The summed E-state index contributed by atoms with van der Waals surface area (Å²) in [7, 11) is 0. The number of esters is 2. The van der Waals surface area contributed by atoms with Crippen LogP contribution in [0, 0.1) is 11.3 Å². The topological polar surface area (TPSA) is 90.9 Å². The molecule has 2 unspecified atom stereocenters. The number of hydrogen-bond donors (Lipinski definition) is 1. The fraction of sp³-hybridized carbons (Fsp3) is 0.536. The lowest BCUT2D eigenvalue weighted by Gasteiger charge is -2.40. The first-order valence-electron chi connectivity index (χ1n) is 12.5. The van der Waals surface area contributed by atoms with Gasteiger partial charge in [0.2, 0.25) is 0 Å². The highest BCUT2D eigenvalue weighted by atomic mass is 35.5. The van der Waals surface area contributed by atoms with Crippen LogP contribution in [0.4, 0.5) is 0 Å². The summed E-state index contributed by atoms with van der Waals surface area (Å²) < 4.78 is 16.1. The summed E-state index contributed by atoms with van der Waals surface area (Å²) in [5.74, 6) is -1.52. The summed E-state index contributed by atoms with van der Waals surface area (Å²) >= 11 is 6.47. The van der Waals surface area contributed by atoms with Crippen molar-refractivity contribution in [1.29, 1.82) is 0 Å². The molecule has 8 heteroatoms. The Kier molecular flexibility index (Phi) is 9.74. The van der Waals surface area contributed by atoms with Crippen LogP contribution in [0.2, 0.25) is 0 Å². The van der Waals surface area contributed by atoms with Crippen LogP contribution < -0.4 is 5.32 Å². The van der Waals surface area contributed by atoms with Crippen LogP contribution in [0.25, 0.3) is 0 Å². The average Bonchev–Trinajstić information content (AvgIpc) is 3.03. The third-order valence-corrected chi connectivity index (χ3v) is 6.45. The Bertz CT molecular complexity index is 1030. The van der Waals surface area contributed by atoms with E-state index in [0.29, 0.717) is 42.7 Å². The maximum absolute atomic E-state index is 13.5. The molecule has 3 rings (SSSR count). The number of carbonyl (C=O) groups excluding carboxylic acids is 3. The minimum atomic E-state index is -0.606. The smallest absolute Gasteiger partial charge is 0.336 e. The van der Waals surface area contributed by atoms with Crippen molar-refractivity contribution < 1.29 is 28.6 Å². The summed E-state index contributed by atoms with van der Waals surface area (Å²) in [5.41, 5.74) is 2.96. The Balaban J connectivity index is 1.99. The number of allylic oxidation sites excluding steroid dienone is 8. The number of Topliss-reactive ketones (excluding diaryl/α,β-unsaturated/α-hetero) is 1. The van der Waals surface area contributed by atoms with Gasteiger partial charge in [0.1, 0.15) is 6.61 Å². The fourth-order valence-corrected chi connectivity index (χ4v) is 4.97. The number of nitrogens with one attached hydrogen (secondary N) is 1. The van der Waals surface area contributed by atoms with E-state index in [1.807, 2.05) is 37.3 Å². The summed E-state index contributed by atoms with van der Waals surface area (Å²) in [6.07, 6.45) is 11.4. The molecule has 0 spiro atoms. The molecule has 2 aliphatic carbocycles. The molecule has 3 aliphatic rings. The van der Waals surface area contributed by atoms with Gasteiger partial charge in [-0.2, -0.15) is 0 Å². The first-order valence-corrected chi connectivity index (χ1v) is 13.0. The number of ether oxygens (including phenoxy) is 3. The van der Waals surface area contributed by atoms with Gasteiger partial charge in [0.05, 0.1) is 30.8 Å². The Labute approximate surface area is 218 Å². The summed E-state index contributed by atoms with van der Waals surface area (Å²) in [5, 5.41) is 3.01. The number of alkyl halides is 1. The van der Waals surface area contributed by atoms with E-state index in [0.717, 1.165) is 17.7 Å². The van der Waals surface area contributed by atoms with Crippen LogP contribution >= 0.6 is 11.6 Å². The molecule has 196 valence electrons. The zero-order chi connectivity index (χ0) is 26.3. The standard InChI is InChI=1S/C28H36ClNO6/c1-5-12-36-23(32)17-34-13-11-20-26(27(33)35-6-2)24(18-9-7-8-10-19(29)14-18)25-21(30-20)15-28(3,4)16-22(25)31/h7-10,14,19,24,30H,5-6,11-13,15-17H2,1-4H3. The molecule has 0 bridgehead atoms. The lowest BCUT2D eigenvalue weighted by molar-refractivity contribution is -0.149. The third kappa shape index (κ3) is 6.98. The largest absolute Gasteiger partial charge is 0.464 e. The monoisotopic (exact) mass is 517 g/mol. The van der Waals surface area contributed by atoms with Gasteiger partial charge in [-0.25, -0.2) is 9.59 Å². The molecular weight excluding hydrogens is 482 g/mol. The van der Waals surface area contributed by atoms with E-state index in [1.54, 1.807) is 6.92 Å². The molecule has 1 heterocycles. The van der Waals surface area contributed by atoms with Gasteiger partial charge < -0.3 is 19.5 Å². The number of ketones is 1. The molecule has 0 saturated carbocycles. The minimum absolute atomic E-state index is 0.00662. The van der Waals surface area contributed by atoms with Crippen molar-refractivity contribution in [3.63, 3.8) is 0 Å². The molecule has 0 amide bonds. The summed E-state index contributed by atoms with van der Waals surface area (Å²) in [6, 6.07) is 0. The lowest BCUT2D eigenvalue weighted by atomic mass is 9.68. The quantitative estimate of drug-likeness (QED) is 0.255. The molecule has 2 atom stereocenters. The van der Waals surface area contributed by atoms with Crippen molar-refractivity contribution in [2.45, 2.75) is 58.8 Å². The van der Waals surface area contributed by atoms with Crippen LogP contribution in [-0.4, -0.2) is 49.5 Å². The lowest BCUT2D eigenvalue weighted by Crippen LogP contribution is -2.40. The molecule has 0 aromatic heterocycles. The molecule has 36 heavy (non-hydrogen) atoms. The van der Waals surface area contributed by atoms with Crippen molar-refractivity contribution >= 4 is 29.3 Å². The van der Waals surface area contributed by atoms with Gasteiger partial charge in [0.15, 0.2) is 5.78 Å². The van der Waals surface area contributed by atoms with E-state index in [4.69, 9.17) is 25.8 Å². The van der Waals surface area contributed by atoms with E-state index in [9.17, 15) is 14.4 Å². The van der Waals surface area contributed by atoms with Crippen molar-refractivity contribution in [1.82, 2.24) is 5.32 Å². The van der Waals surface area contributed by atoms with Crippen LogP contribution in [0.15, 0.2) is 58.5 Å². The maximum atomic E-state index is 13.5. The van der Waals surface area contributed by atoms with Crippen molar-refractivity contribution in [3.8, 4) is 0 Å². The van der Waals surface area contributed by atoms with Crippen LogP contribution in [-0.2, 0) is 28.6 Å². The van der Waals surface area contributed by atoms with Crippen LogP contribution in [0.1, 0.15) is 53.4 Å². The van der Waals surface area contributed by atoms with Crippen molar-refractivity contribution in [3.05, 3.63) is 58.5 Å². The normalized spacial score (nSPS) is 23.0. The molecule has 0 fully saturated rings. The molecule has 0 radical (unpaired) electrons. The highest BCUT2D eigenvalue weighted by molar-refractivity contribution is 6.23. The summed E-state index contributed by atoms with van der Waals surface area (Å²) in [6.45, 7) is 8.36. The van der Waals surface area contributed by atoms with Gasteiger partial charge in [-0.05, 0) is 30.8 Å². The third-order valence-electron chi connectivity index (χ3n) is 6.18. The number of hydrogen-bond acceptors (Lipinski definition) is 7. The van der Waals surface area contributed by atoms with Crippen LogP contribution in [0.5, 0.6) is 0 Å². The molecule has 7 nitrogen and oxygen atoms in total. The molecular formula is C28H36ClNO6.